The number of halogens is 2. The zero-order chi connectivity index (χ0) is 20.5. The number of hydrogen-bond acceptors (Lipinski definition) is 4. The summed E-state index contributed by atoms with van der Waals surface area (Å²) in [5.41, 5.74) is 1.25. The fraction of sp³-hybridized carbons (Fsp3) is 0.300. The molecule has 0 fully saturated rings. The Morgan fingerprint density at radius 1 is 1.07 bits per heavy atom. The number of hydrogen-bond donors (Lipinski definition) is 2. The molecule has 2 aromatic rings. The van der Waals surface area contributed by atoms with Crippen molar-refractivity contribution in [3.05, 3.63) is 52.0 Å². The average Bonchev–Trinajstić information content (AvgIpc) is 2.65. The summed E-state index contributed by atoms with van der Waals surface area (Å²) in [7, 11) is 0. The molecule has 8 heteroatoms. The van der Waals surface area contributed by atoms with Crippen LogP contribution in [0.1, 0.15) is 25.3 Å². The van der Waals surface area contributed by atoms with Gasteiger partial charge < -0.3 is 19.9 Å². The summed E-state index contributed by atoms with van der Waals surface area (Å²) >= 11 is 11.9. The highest BCUT2D eigenvalue weighted by Crippen LogP contribution is 2.29. The molecule has 0 unspecified atom stereocenters. The first-order valence-electron chi connectivity index (χ1n) is 8.74. The summed E-state index contributed by atoms with van der Waals surface area (Å²) < 4.78 is 11.1. The Balaban J connectivity index is 2.06. The fourth-order valence-corrected chi connectivity index (χ4v) is 2.80. The number of carboxylic acids is 1. The van der Waals surface area contributed by atoms with Gasteiger partial charge in [-0.05, 0) is 48.7 Å². The van der Waals surface area contributed by atoms with Gasteiger partial charge in [-0.25, -0.2) is 0 Å². The van der Waals surface area contributed by atoms with E-state index in [1.807, 2.05) is 6.92 Å². The summed E-state index contributed by atoms with van der Waals surface area (Å²) in [6.07, 6.45) is 1.16. The van der Waals surface area contributed by atoms with Crippen LogP contribution >= 0.6 is 23.2 Å². The molecular weight excluding hydrogens is 405 g/mol. The van der Waals surface area contributed by atoms with Gasteiger partial charge in [0, 0.05) is 11.4 Å². The topological polar surface area (TPSA) is 84.9 Å². The summed E-state index contributed by atoms with van der Waals surface area (Å²) in [5.74, 6) is -0.425. The number of carbonyl (C=O) groups is 2. The van der Waals surface area contributed by atoms with Crippen molar-refractivity contribution in [2.75, 3.05) is 18.5 Å². The maximum Gasteiger partial charge on any atom is 0.303 e. The van der Waals surface area contributed by atoms with Crippen LogP contribution in [0.5, 0.6) is 11.5 Å². The smallest absolute Gasteiger partial charge is 0.303 e. The van der Waals surface area contributed by atoms with E-state index >= 15 is 0 Å². The van der Waals surface area contributed by atoms with Crippen molar-refractivity contribution in [3.8, 4) is 11.5 Å². The van der Waals surface area contributed by atoms with E-state index in [2.05, 4.69) is 5.32 Å². The zero-order valence-electron chi connectivity index (χ0n) is 15.3. The Bertz CT molecular complexity index is 841. The predicted molar refractivity (Wildman–Crippen MR) is 109 cm³/mol. The van der Waals surface area contributed by atoms with Gasteiger partial charge in [-0.15, -0.1) is 0 Å². The van der Waals surface area contributed by atoms with Crippen molar-refractivity contribution >= 4 is 40.8 Å². The second kappa shape index (κ2) is 10.8. The maximum atomic E-state index is 12.3. The molecule has 1 amide bonds. The molecule has 0 saturated carbocycles. The van der Waals surface area contributed by atoms with Gasteiger partial charge in [0.1, 0.15) is 11.5 Å². The first-order chi connectivity index (χ1) is 13.4. The Hall–Kier alpha value is -2.44. The number of nitrogens with one attached hydrogen (secondary N) is 1. The number of carbonyl (C=O) groups excluding carboxylic acids is 1. The lowest BCUT2D eigenvalue weighted by atomic mass is 10.1. The minimum atomic E-state index is -0.884. The lowest BCUT2D eigenvalue weighted by molar-refractivity contribution is -0.137. The highest BCUT2D eigenvalue weighted by Gasteiger charge is 2.12. The monoisotopic (exact) mass is 425 g/mol. The van der Waals surface area contributed by atoms with Crippen LogP contribution in [0.15, 0.2) is 36.4 Å². The summed E-state index contributed by atoms with van der Waals surface area (Å²) in [6, 6.07) is 9.94. The fourth-order valence-electron chi connectivity index (χ4n) is 2.34. The van der Waals surface area contributed by atoms with E-state index in [1.54, 1.807) is 30.3 Å². The quantitative estimate of drug-likeness (QED) is 0.569. The van der Waals surface area contributed by atoms with Crippen LogP contribution < -0.4 is 14.8 Å². The van der Waals surface area contributed by atoms with Crippen LogP contribution in [-0.4, -0.2) is 30.2 Å². The molecule has 6 nitrogen and oxygen atoms in total. The van der Waals surface area contributed by atoms with Crippen LogP contribution in [0.4, 0.5) is 5.69 Å². The van der Waals surface area contributed by atoms with Gasteiger partial charge in [0.05, 0.1) is 17.3 Å². The Morgan fingerprint density at radius 3 is 2.50 bits per heavy atom. The number of aryl methyl sites for hydroxylation is 1. The summed E-state index contributed by atoms with van der Waals surface area (Å²) in [6.45, 7) is 2.21. The van der Waals surface area contributed by atoms with Gasteiger partial charge in [0.2, 0.25) is 0 Å². The van der Waals surface area contributed by atoms with Gasteiger partial charge in [0.25, 0.3) is 5.91 Å². The number of ether oxygens (including phenoxy) is 2. The number of carboxylic acid groups (broad SMARTS) is 1. The van der Waals surface area contributed by atoms with Gasteiger partial charge in [-0.1, -0.05) is 36.2 Å². The van der Waals surface area contributed by atoms with Crippen molar-refractivity contribution in [1.29, 1.82) is 0 Å². The zero-order valence-corrected chi connectivity index (χ0v) is 16.8. The van der Waals surface area contributed by atoms with E-state index in [9.17, 15) is 9.59 Å². The molecule has 0 radical (unpaired) electrons. The Morgan fingerprint density at radius 2 is 1.82 bits per heavy atom. The molecule has 28 heavy (non-hydrogen) atoms. The second-order valence-corrected chi connectivity index (χ2v) is 6.83. The third kappa shape index (κ3) is 6.94. The standard InChI is InChI=1S/C20H21Cl2NO5/c1-2-9-27-18-6-3-13(4-8-20(25)26)10-16(18)23-19(24)12-28-17-7-5-14(21)11-15(17)22/h3,5-7,10-11H,2,4,8-9,12H2,1H3,(H,23,24)(H,25,26). The lowest BCUT2D eigenvalue weighted by Gasteiger charge is -2.14. The molecule has 2 N–H and O–H groups in total. The highest BCUT2D eigenvalue weighted by molar-refractivity contribution is 6.35. The molecule has 0 aliphatic rings. The van der Waals surface area contributed by atoms with Crippen molar-refractivity contribution < 1.29 is 24.2 Å². The average molecular weight is 426 g/mol. The number of amides is 1. The molecule has 0 atom stereocenters. The normalized spacial score (nSPS) is 10.4. The van der Waals surface area contributed by atoms with Crippen molar-refractivity contribution in [1.82, 2.24) is 0 Å². The lowest BCUT2D eigenvalue weighted by Crippen LogP contribution is -2.21. The molecular formula is C20H21Cl2NO5. The molecule has 0 spiro atoms. The van der Waals surface area contributed by atoms with Crippen LogP contribution in [-0.2, 0) is 16.0 Å². The number of aliphatic carboxylic acids is 1. The highest BCUT2D eigenvalue weighted by atomic mass is 35.5. The Labute approximate surface area is 173 Å². The second-order valence-electron chi connectivity index (χ2n) is 5.98. The maximum absolute atomic E-state index is 12.3. The number of anilines is 1. The van der Waals surface area contributed by atoms with Crippen molar-refractivity contribution in [2.24, 2.45) is 0 Å². The number of benzene rings is 2. The van der Waals surface area contributed by atoms with Crippen LogP contribution in [0.3, 0.4) is 0 Å². The SMILES string of the molecule is CCCOc1ccc(CCC(=O)O)cc1NC(=O)COc1ccc(Cl)cc1Cl. The first-order valence-corrected chi connectivity index (χ1v) is 9.50. The van der Waals surface area contributed by atoms with E-state index < -0.39 is 11.9 Å². The largest absolute Gasteiger partial charge is 0.491 e. The molecule has 0 aliphatic carbocycles. The number of rotatable bonds is 10. The molecule has 0 heterocycles. The van der Waals surface area contributed by atoms with E-state index in [-0.39, 0.29) is 13.0 Å². The van der Waals surface area contributed by atoms with E-state index in [0.717, 1.165) is 12.0 Å². The molecule has 150 valence electrons. The molecule has 0 aliphatic heterocycles. The third-order valence-corrected chi connectivity index (χ3v) is 4.19. The summed E-state index contributed by atoms with van der Waals surface area (Å²) in [5, 5.41) is 12.4. The van der Waals surface area contributed by atoms with E-state index in [4.69, 9.17) is 37.8 Å². The van der Waals surface area contributed by atoms with Crippen LogP contribution in [0, 0.1) is 0 Å². The van der Waals surface area contributed by atoms with Crippen molar-refractivity contribution in [2.45, 2.75) is 26.2 Å². The summed E-state index contributed by atoms with van der Waals surface area (Å²) in [4.78, 5) is 23.1. The van der Waals surface area contributed by atoms with Crippen LogP contribution in [0.2, 0.25) is 10.0 Å². The van der Waals surface area contributed by atoms with Gasteiger partial charge in [0.15, 0.2) is 6.61 Å². The molecule has 0 bridgehead atoms. The van der Waals surface area contributed by atoms with Crippen molar-refractivity contribution in [3.63, 3.8) is 0 Å². The minimum Gasteiger partial charge on any atom is -0.491 e. The molecule has 0 saturated heterocycles. The van der Waals surface area contributed by atoms with E-state index in [1.165, 1.54) is 6.07 Å². The molecule has 2 rings (SSSR count). The van der Waals surface area contributed by atoms with Crippen LogP contribution in [0.25, 0.3) is 0 Å². The predicted octanol–water partition coefficient (Wildman–Crippen LogP) is 4.82. The first kappa shape index (κ1) is 21.9. The minimum absolute atomic E-state index is 0.000721. The van der Waals surface area contributed by atoms with E-state index in [0.29, 0.717) is 40.3 Å². The van der Waals surface area contributed by atoms with Gasteiger partial charge in [-0.3, -0.25) is 9.59 Å². The van der Waals surface area contributed by atoms with Gasteiger partial charge in [-0.2, -0.15) is 0 Å². The third-order valence-electron chi connectivity index (χ3n) is 3.66. The van der Waals surface area contributed by atoms with Gasteiger partial charge >= 0.3 is 5.97 Å². The Kier molecular flexibility index (Phi) is 8.42. The molecule has 2 aromatic carbocycles. The molecule has 0 aromatic heterocycles.